The Morgan fingerprint density at radius 3 is 2.29 bits per heavy atom. The number of ether oxygens (including phenoxy) is 3. The van der Waals surface area contributed by atoms with Gasteiger partial charge in [-0.3, -0.25) is 0 Å². The standard InChI is InChI=1S/C16H18FNO3/c1-11-9-16(14(17)10-15(11)18)21-8-7-20-13-5-3-12(19-2)4-6-13/h3-6,9-10H,7-8,18H2,1-2H3. The molecule has 2 aromatic rings. The predicted molar refractivity (Wildman–Crippen MR) is 79.5 cm³/mol. The summed E-state index contributed by atoms with van der Waals surface area (Å²) in [4.78, 5) is 0. The van der Waals surface area contributed by atoms with E-state index in [1.807, 2.05) is 0 Å². The first-order chi connectivity index (χ1) is 10.1. The van der Waals surface area contributed by atoms with E-state index in [4.69, 9.17) is 19.9 Å². The van der Waals surface area contributed by atoms with Gasteiger partial charge in [0, 0.05) is 11.8 Å². The molecule has 4 nitrogen and oxygen atoms in total. The number of rotatable bonds is 6. The van der Waals surface area contributed by atoms with Crippen molar-refractivity contribution < 1.29 is 18.6 Å². The van der Waals surface area contributed by atoms with Crippen LogP contribution in [0.15, 0.2) is 36.4 Å². The van der Waals surface area contributed by atoms with Crippen LogP contribution in [0.4, 0.5) is 10.1 Å². The summed E-state index contributed by atoms with van der Waals surface area (Å²) in [7, 11) is 1.60. The Morgan fingerprint density at radius 2 is 1.62 bits per heavy atom. The van der Waals surface area contributed by atoms with E-state index in [1.54, 1.807) is 44.4 Å². The third-order valence-electron chi connectivity index (χ3n) is 2.99. The number of methoxy groups -OCH3 is 1. The lowest BCUT2D eigenvalue weighted by Gasteiger charge is -2.11. The molecule has 0 heterocycles. The predicted octanol–water partition coefficient (Wildman–Crippen LogP) is 3.18. The minimum atomic E-state index is -0.470. The smallest absolute Gasteiger partial charge is 0.167 e. The van der Waals surface area contributed by atoms with Crippen LogP contribution in [0.2, 0.25) is 0 Å². The van der Waals surface area contributed by atoms with E-state index >= 15 is 0 Å². The highest BCUT2D eigenvalue weighted by molar-refractivity contribution is 5.50. The maximum Gasteiger partial charge on any atom is 0.167 e. The molecule has 0 aliphatic rings. The zero-order chi connectivity index (χ0) is 15.2. The number of anilines is 1. The van der Waals surface area contributed by atoms with Crippen molar-refractivity contribution in [1.82, 2.24) is 0 Å². The fraction of sp³-hybridized carbons (Fsp3) is 0.250. The summed E-state index contributed by atoms with van der Waals surface area (Å²) in [5.74, 6) is 1.17. The number of nitrogens with two attached hydrogens (primary N) is 1. The molecular weight excluding hydrogens is 273 g/mol. The fourth-order valence-electron chi connectivity index (χ4n) is 1.76. The van der Waals surface area contributed by atoms with E-state index in [-0.39, 0.29) is 12.4 Å². The monoisotopic (exact) mass is 291 g/mol. The molecule has 5 heteroatoms. The van der Waals surface area contributed by atoms with Crippen LogP contribution >= 0.6 is 0 Å². The summed E-state index contributed by atoms with van der Waals surface area (Å²) in [5.41, 5.74) is 6.81. The molecule has 0 saturated heterocycles. The van der Waals surface area contributed by atoms with Crippen molar-refractivity contribution >= 4 is 5.69 Å². The second kappa shape index (κ2) is 6.83. The number of nitrogen functional groups attached to an aromatic ring is 1. The zero-order valence-corrected chi connectivity index (χ0v) is 12.1. The molecule has 0 amide bonds. The quantitative estimate of drug-likeness (QED) is 0.656. The molecule has 0 unspecified atom stereocenters. The Labute approximate surface area is 123 Å². The van der Waals surface area contributed by atoms with Gasteiger partial charge in [0.25, 0.3) is 0 Å². The second-order valence-corrected chi connectivity index (χ2v) is 4.51. The highest BCUT2D eigenvalue weighted by atomic mass is 19.1. The van der Waals surface area contributed by atoms with Crippen molar-refractivity contribution in [3.63, 3.8) is 0 Å². The second-order valence-electron chi connectivity index (χ2n) is 4.51. The van der Waals surface area contributed by atoms with Crippen molar-refractivity contribution in [3.8, 4) is 17.2 Å². The first-order valence-electron chi connectivity index (χ1n) is 6.55. The van der Waals surface area contributed by atoms with Gasteiger partial charge >= 0.3 is 0 Å². The Kier molecular flexibility index (Phi) is 4.87. The molecule has 0 aromatic heterocycles. The van der Waals surface area contributed by atoms with Crippen molar-refractivity contribution in [1.29, 1.82) is 0 Å². The third kappa shape index (κ3) is 4.02. The highest BCUT2D eigenvalue weighted by Crippen LogP contribution is 2.23. The van der Waals surface area contributed by atoms with Crippen molar-refractivity contribution in [3.05, 3.63) is 47.8 Å². The molecule has 0 aliphatic heterocycles. The van der Waals surface area contributed by atoms with Crippen LogP contribution in [0.1, 0.15) is 5.56 Å². The first kappa shape index (κ1) is 15.0. The summed E-state index contributed by atoms with van der Waals surface area (Å²) >= 11 is 0. The maximum atomic E-state index is 13.6. The molecule has 0 fully saturated rings. The Hall–Kier alpha value is -2.43. The summed E-state index contributed by atoms with van der Waals surface area (Å²) in [6.07, 6.45) is 0. The van der Waals surface area contributed by atoms with Gasteiger partial charge in [-0.05, 0) is 42.8 Å². The minimum Gasteiger partial charge on any atom is -0.497 e. The largest absolute Gasteiger partial charge is 0.497 e. The van der Waals surface area contributed by atoms with E-state index < -0.39 is 5.82 Å². The van der Waals surface area contributed by atoms with E-state index in [1.165, 1.54) is 6.07 Å². The van der Waals surface area contributed by atoms with E-state index in [0.29, 0.717) is 18.0 Å². The van der Waals surface area contributed by atoms with Crippen LogP contribution in [0.3, 0.4) is 0 Å². The van der Waals surface area contributed by atoms with Gasteiger partial charge in [0.1, 0.15) is 24.7 Å². The normalized spacial score (nSPS) is 10.2. The zero-order valence-electron chi connectivity index (χ0n) is 12.1. The third-order valence-corrected chi connectivity index (χ3v) is 2.99. The maximum absolute atomic E-state index is 13.6. The molecule has 0 spiro atoms. The summed E-state index contributed by atoms with van der Waals surface area (Å²) in [6.45, 7) is 2.36. The number of halogens is 1. The van der Waals surface area contributed by atoms with Gasteiger partial charge in [0.15, 0.2) is 11.6 Å². The van der Waals surface area contributed by atoms with Gasteiger partial charge in [-0.25, -0.2) is 4.39 Å². The lowest BCUT2D eigenvalue weighted by atomic mass is 10.2. The first-order valence-corrected chi connectivity index (χ1v) is 6.55. The van der Waals surface area contributed by atoms with Gasteiger partial charge in [-0.2, -0.15) is 0 Å². The number of aryl methyl sites for hydroxylation is 1. The van der Waals surface area contributed by atoms with E-state index in [9.17, 15) is 4.39 Å². The van der Waals surface area contributed by atoms with Gasteiger partial charge in [0.2, 0.25) is 0 Å². The molecule has 2 N–H and O–H groups in total. The van der Waals surface area contributed by atoms with Crippen LogP contribution in [0, 0.1) is 12.7 Å². The van der Waals surface area contributed by atoms with Crippen LogP contribution in [-0.4, -0.2) is 20.3 Å². The van der Waals surface area contributed by atoms with Gasteiger partial charge in [0.05, 0.1) is 7.11 Å². The van der Waals surface area contributed by atoms with E-state index in [0.717, 1.165) is 11.3 Å². The lowest BCUT2D eigenvalue weighted by Crippen LogP contribution is -2.10. The lowest BCUT2D eigenvalue weighted by molar-refractivity contribution is 0.211. The average Bonchev–Trinajstić information content (AvgIpc) is 2.49. The summed E-state index contributed by atoms with van der Waals surface area (Å²) < 4.78 is 29.5. The molecular formula is C16H18FNO3. The molecule has 0 atom stereocenters. The van der Waals surface area contributed by atoms with Crippen LogP contribution in [0.5, 0.6) is 17.2 Å². The van der Waals surface area contributed by atoms with Crippen LogP contribution in [-0.2, 0) is 0 Å². The number of hydrogen-bond donors (Lipinski definition) is 1. The molecule has 112 valence electrons. The van der Waals surface area contributed by atoms with Gasteiger partial charge in [-0.15, -0.1) is 0 Å². The van der Waals surface area contributed by atoms with Gasteiger partial charge < -0.3 is 19.9 Å². The van der Waals surface area contributed by atoms with Crippen molar-refractivity contribution in [2.24, 2.45) is 0 Å². The van der Waals surface area contributed by atoms with Gasteiger partial charge in [-0.1, -0.05) is 0 Å². The summed E-state index contributed by atoms with van der Waals surface area (Å²) in [5, 5.41) is 0. The van der Waals surface area contributed by atoms with Crippen molar-refractivity contribution in [2.45, 2.75) is 6.92 Å². The fourth-order valence-corrected chi connectivity index (χ4v) is 1.76. The topological polar surface area (TPSA) is 53.7 Å². The SMILES string of the molecule is COc1ccc(OCCOc2cc(C)c(N)cc2F)cc1. The molecule has 0 aliphatic carbocycles. The summed E-state index contributed by atoms with van der Waals surface area (Å²) in [6, 6.07) is 10.0. The number of benzene rings is 2. The number of hydrogen-bond acceptors (Lipinski definition) is 4. The Bertz CT molecular complexity index is 599. The van der Waals surface area contributed by atoms with E-state index in [2.05, 4.69) is 0 Å². The molecule has 2 aromatic carbocycles. The molecule has 2 rings (SSSR count). The highest BCUT2D eigenvalue weighted by Gasteiger charge is 2.06. The average molecular weight is 291 g/mol. The van der Waals surface area contributed by atoms with Crippen LogP contribution in [0.25, 0.3) is 0 Å². The Balaban J connectivity index is 1.83. The van der Waals surface area contributed by atoms with Crippen LogP contribution < -0.4 is 19.9 Å². The minimum absolute atomic E-state index is 0.181. The molecule has 21 heavy (non-hydrogen) atoms. The molecule has 0 saturated carbocycles. The van der Waals surface area contributed by atoms with Crippen molar-refractivity contribution in [2.75, 3.05) is 26.1 Å². The molecule has 0 radical (unpaired) electrons. The molecule has 0 bridgehead atoms. The Morgan fingerprint density at radius 1 is 1.00 bits per heavy atom.